The van der Waals surface area contributed by atoms with E-state index in [0.717, 1.165) is 25.3 Å². The van der Waals surface area contributed by atoms with Crippen molar-refractivity contribution in [3.8, 4) is 0 Å². The van der Waals surface area contributed by atoms with E-state index in [1.54, 1.807) is 24.3 Å². The summed E-state index contributed by atoms with van der Waals surface area (Å²) in [6.07, 6.45) is 4.41. The summed E-state index contributed by atoms with van der Waals surface area (Å²) in [4.78, 5) is 40.3. The summed E-state index contributed by atoms with van der Waals surface area (Å²) in [5.74, 6) is 0.770. The fourth-order valence-electron chi connectivity index (χ4n) is 7.28. The van der Waals surface area contributed by atoms with Crippen LogP contribution < -0.4 is 26.6 Å². The first kappa shape index (κ1) is 46.9. The highest BCUT2D eigenvalue weighted by Gasteiger charge is 2.36. The number of rotatable bonds is 19. The van der Waals surface area contributed by atoms with Gasteiger partial charge in [0, 0.05) is 46.4 Å². The molecule has 2 aromatic carbocycles. The maximum Gasteiger partial charge on any atom is 0.338 e. The highest BCUT2D eigenvalue weighted by Crippen LogP contribution is 2.29. The summed E-state index contributed by atoms with van der Waals surface area (Å²) in [5, 5.41) is 16.3. The van der Waals surface area contributed by atoms with E-state index in [1.165, 1.54) is 12.0 Å². The number of benzene rings is 2. The fraction of sp³-hybridized carbons (Fsp3) is 0.585. The van der Waals surface area contributed by atoms with Crippen LogP contribution in [0.5, 0.6) is 0 Å². The maximum absolute atomic E-state index is 13.1. The monoisotopic (exact) mass is 824 g/mol. The van der Waals surface area contributed by atoms with Crippen LogP contribution in [-0.2, 0) is 7.99 Å². The average Bonchev–Trinajstić information content (AvgIpc) is 3.00. The lowest BCUT2D eigenvalue weighted by Gasteiger charge is -2.33. The van der Waals surface area contributed by atoms with Crippen LogP contribution in [0.3, 0.4) is 0 Å². The molecule has 1 unspecified atom stereocenters. The normalized spacial score (nSPS) is 13.8. The van der Waals surface area contributed by atoms with Crippen molar-refractivity contribution in [2.45, 2.75) is 132 Å². The number of anilines is 5. The maximum atomic E-state index is 13.1. The van der Waals surface area contributed by atoms with Gasteiger partial charge in [-0.3, -0.25) is 9.59 Å². The van der Waals surface area contributed by atoms with Crippen LogP contribution >= 0.6 is 12.0 Å². The lowest BCUT2D eigenvalue weighted by atomic mass is 9.81. The van der Waals surface area contributed by atoms with Gasteiger partial charge in [0.15, 0.2) is 8.32 Å². The van der Waals surface area contributed by atoms with Crippen LogP contribution in [0.2, 0.25) is 32.2 Å². The lowest BCUT2D eigenvalue weighted by molar-refractivity contribution is 0.0881. The van der Waals surface area contributed by atoms with Crippen molar-refractivity contribution in [3.05, 3.63) is 59.7 Å². The van der Waals surface area contributed by atoms with Gasteiger partial charge in [-0.05, 0) is 151 Å². The number of nitrogens with zero attached hydrogens (tertiary/aromatic N) is 3. The van der Waals surface area contributed by atoms with Crippen molar-refractivity contribution in [2.24, 2.45) is 10.8 Å². The predicted octanol–water partition coefficient (Wildman–Crippen LogP) is 10.3. The Bertz CT molecular complexity index is 1650. The molecule has 0 spiro atoms. The summed E-state index contributed by atoms with van der Waals surface area (Å²) in [5.41, 5.74) is 1.98. The summed E-state index contributed by atoms with van der Waals surface area (Å²) < 4.78 is 12.6. The van der Waals surface area contributed by atoms with Gasteiger partial charge >= 0.3 is 8.56 Å². The van der Waals surface area contributed by atoms with Crippen molar-refractivity contribution >= 4 is 70.0 Å². The topological polar surface area (TPSA) is 151 Å². The molecular weight excluding hydrogens is 757 g/mol. The minimum atomic E-state index is -2.37. The largest absolute Gasteiger partial charge is 0.436 e. The Morgan fingerprint density at radius 2 is 1.04 bits per heavy atom. The smallest absolute Gasteiger partial charge is 0.338 e. The Balaban J connectivity index is 1.81. The van der Waals surface area contributed by atoms with Crippen molar-refractivity contribution in [1.82, 2.24) is 25.6 Å². The molecule has 0 aliphatic rings. The van der Waals surface area contributed by atoms with Gasteiger partial charge in [-0.15, -0.1) is 0 Å². The zero-order valence-electron chi connectivity index (χ0n) is 36.5. The molecule has 0 saturated carbocycles. The van der Waals surface area contributed by atoms with Crippen LogP contribution in [-0.4, -0.2) is 67.5 Å². The molecule has 0 saturated heterocycles. The van der Waals surface area contributed by atoms with Gasteiger partial charge in [0.05, 0.1) is 0 Å². The predicted molar refractivity (Wildman–Crippen MR) is 239 cm³/mol. The molecule has 310 valence electrons. The van der Waals surface area contributed by atoms with Crippen LogP contribution in [0.1, 0.15) is 109 Å². The van der Waals surface area contributed by atoms with Gasteiger partial charge in [-0.2, -0.15) is 15.0 Å². The highest BCUT2D eigenvalue weighted by molar-refractivity contribution is 7.94. The molecule has 1 atom stereocenters. The van der Waals surface area contributed by atoms with Crippen LogP contribution in [0, 0.1) is 10.8 Å². The number of hydrogen-bond donors (Lipinski definition) is 5. The Hall–Kier alpha value is -3.51. The third-order valence-corrected chi connectivity index (χ3v) is 15.7. The van der Waals surface area contributed by atoms with Crippen LogP contribution in [0.15, 0.2) is 48.5 Å². The average molecular weight is 825 g/mol. The van der Waals surface area contributed by atoms with Gasteiger partial charge < -0.3 is 34.6 Å². The van der Waals surface area contributed by atoms with Crippen molar-refractivity contribution in [1.29, 1.82) is 0 Å². The summed E-state index contributed by atoms with van der Waals surface area (Å²) in [6.45, 7) is 30.5. The summed E-state index contributed by atoms with van der Waals surface area (Å²) in [6, 6.07) is 15.3. The number of carbonyl (C=O) groups is 2. The van der Waals surface area contributed by atoms with Gasteiger partial charge in [0.1, 0.15) is 0 Å². The van der Waals surface area contributed by atoms with Crippen molar-refractivity contribution in [2.75, 3.05) is 28.8 Å². The number of nitrogens with one attached hydrogen (secondary N) is 5. The molecule has 3 rings (SSSR count). The SMILES string of the molecule is CSO[Si](C)(CCCNc1nc(Nc2ccc(C(=O)NC(C)(C)CC(C)(C)C)cc2)nc(Nc2ccc(C(=O)NC(C)(C)CC(C)(C)C)cc2)n1)O[Si](C)(C)C. The summed E-state index contributed by atoms with van der Waals surface area (Å²) in [7, 11) is -4.16. The second kappa shape index (κ2) is 18.8. The quantitative estimate of drug-likeness (QED) is 0.0446. The van der Waals surface area contributed by atoms with Crippen LogP contribution in [0.25, 0.3) is 0 Å². The second-order valence-corrected chi connectivity index (χ2v) is 28.3. The van der Waals surface area contributed by atoms with E-state index >= 15 is 0 Å². The van der Waals surface area contributed by atoms with E-state index in [9.17, 15) is 9.59 Å². The van der Waals surface area contributed by atoms with Gasteiger partial charge in [-0.25, -0.2) is 0 Å². The molecule has 15 heteroatoms. The first-order valence-corrected chi connectivity index (χ1v) is 26.5. The molecule has 0 radical (unpaired) electrons. The third-order valence-electron chi connectivity index (χ3n) is 8.16. The Labute approximate surface area is 342 Å². The molecule has 0 fully saturated rings. The van der Waals surface area contributed by atoms with Gasteiger partial charge in [-0.1, -0.05) is 41.5 Å². The van der Waals surface area contributed by atoms with E-state index in [-0.39, 0.29) is 33.7 Å². The molecule has 56 heavy (non-hydrogen) atoms. The van der Waals surface area contributed by atoms with Gasteiger partial charge in [0.25, 0.3) is 11.8 Å². The van der Waals surface area contributed by atoms with E-state index in [4.69, 9.17) is 7.99 Å². The molecule has 3 aromatic rings. The molecule has 1 heterocycles. The number of carbonyl (C=O) groups excluding carboxylic acids is 2. The standard InChI is InChI=1S/C41H68N8O4SSi2/c1-38(2,3)27-40(7,8)48-33(50)29-17-21-31(22-18-29)43-36-45-35(42-25-16-26-56(15,52-54-11)53-55(12,13)14)46-37(47-36)44-32-23-19-30(20-24-32)34(51)49-41(9,10)28-39(4,5)6/h17-24H,16,25-28H2,1-15H3,(H,48,50)(H,49,51)(H3,42,43,44,45,46,47). The molecule has 0 aliphatic carbocycles. The third kappa shape index (κ3) is 17.3. The van der Waals surface area contributed by atoms with E-state index in [2.05, 4.69) is 109 Å². The number of amides is 2. The van der Waals surface area contributed by atoms with E-state index in [0.29, 0.717) is 46.9 Å². The van der Waals surface area contributed by atoms with Crippen LogP contribution in [0.4, 0.5) is 29.2 Å². The fourth-order valence-corrected chi connectivity index (χ4v) is 15.9. The van der Waals surface area contributed by atoms with Crippen molar-refractivity contribution in [3.63, 3.8) is 0 Å². The minimum Gasteiger partial charge on any atom is -0.436 e. The van der Waals surface area contributed by atoms with Crippen molar-refractivity contribution < 1.29 is 17.6 Å². The lowest BCUT2D eigenvalue weighted by Crippen LogP contribution is -2.46. The first-order chi connectivity index (χ1) is 25.6. The highest BCUT2D eigenvalue weighted by atomic mass is 32.2. The van der Waals surface area contributed by atoms with Gasteiger partial charge in [0.2, 0.25) is 17.8 Å². The molecule has 0 bridgehead atoms. The molecule has 12 nitrogen and oxygen atoms in total. The molecule has 2 amide bonds. The van der Waals surface area contributed by atoms with E-state index in [1.807, 2.05) is 58.2 Å². The number of aromatic nitrogens is 3. The Morgan fingerprint density at radius 1 is 0.643 bits per heavy atom. The molecule has 5 N–H and O–H groups in total. The minimum absolute atomic E-state index is 0.0761. The second-order valence-electron chi connectivity index (χ2n) is 19.5. The molecule has 0 aliphatic heterocycles. The molecule has 1 aromatic heterocycles. The molecular formula is C41H68N8O4SSi2. The zero-order chi connectivity index (χ0) is 42.2. The van der Waals surface area contributed by atoms with E-state index < -0.39 is 16.9 Å². The number of hydrogen-bond acceptors (Lipinski definition) is 11. The first-order valence-electron chi connectivity index (χ1n) is 19.5. The Kier molecular flexibility index (Phi) is 15.8. The zero-order valence-corrected chi connectivity index (χ0v) is 39.4. The summed E-state index contributed by atoms with van der Waals surface area (Å²) >= 11 is 1.37. The Morgan fingerprint density at radius 3 is 1.39 bits per heavy atom.